The number of carbonyl (C=O) groups excluding carboxylic acids is 1. The molecule has 0 aromatic rings. The average Bonchev–Trinajstić information content (AvgIpc) is 2.87. The Kier molecular flexibility index (Phi) is 7.27. The van der Waals surface area contributed by atoms with E-state index >= 15 is 0 Å². The number of aliphatic carboxylic acids is 1. The van der Waals surface area contributed by atoms with Gasteiger partial charge in [-0.05, 0) is 32.0 Å². The van der Waals surface area contributed by atoms with Crippen LogP contribution in [0.4, 0.5) is 0 Å². The van der Waals surface area contributed by atoms with Gasteiger partial charge in [0.25, 0.3) is 0 Å². The lowest BCUT2D eigenvalue weighted by atomic mass is 9.78. The molecule has 1 rings (SSSR count). The summed E-state index contributed by atoms with van der Waals surface area (Å²) < 4.78 is 0. The molecule has 9 heteroatoms. The number of hydrogen-bond donors (Lipinski definition) is 6. The van der Waals surface area contributed by atoms with Crippen molar-refractivity contribution in [2.45, 2.75) is 56.9 Å². The molecular weight excluding hydrogens is 289 g/mol. The summed E-state index contributed by atoms with van der Waals surface area (Å²) in [6, 6.07) is -0.976. The summed E-state index contributed by atoms with van der Waals surface area (Å²) in [5.41, 5.74) is 10.0. The van der Waals surface area contributed by atoms with Crippen LogP contribution in [0.25, 0.3) is 0 Å². The summed E-state index contributed by atoms with van der Waals surface area (Å²) in [6.07, 6.45) is 3.32. The minimum atomic E-state index is -1.35. The van der Waals surface area contributed by atoms with Gasteiger partial charge in [-0.15, -0.1) is 0 Å². The molecule has 3 atom stereocenters. The number of unbranched alkanes of at least 4 members (excludes halogenated alkanes) is 1. The largest absolute Gasteiger partial charge is 0.481 e. The van der Waals surface area contributed by atoms with Gasteiger partial charge in [0, 0.05) is 12.6 Å². The molecule has 1 saturated carbocycles. The highest BCUT2D eigenvalue weighted by molar-refractivity contribution is 6.40. The van der Waals surface area contributed by atoms with E-state index in [1.165, 1.54) is 0 Å². The highest BCUT2D eigenvalue weighted by Gasteiger charge is 2.45. The first-order valence-electron chi connectivity index (χ1n) is 7.66. The van der Waals surface area contributed by atoms with Crippen LogP contribution in [0.2, 0.25) is 6.32 Å². The molecule has 126 valence electrons. The van der Waals surface area contributed by atoms with Gasteiger partial charge in [-0.25, -0.2) is 0 Å². The number of rotatable bonds is 9. The van der Waals surface area contributed by atoms with Gasteiger partial charge < -0.3 is 31.9 Å². The van der Waals surface area contributed by atoms with Crippen LogP contribution in [0.1, 0.15) is 38.5 Å². The van der Waals surface area contributed by atoms with Gasteiger partial charge in [-0.1, -0.05) is 12.8 Å². The lowest BCUT2D eigenvalue weighted by Gasteiger charge is -2.25. The first-order chi connectivity index (χ1) is 10.3. The molecule has 0 saturated heterocycles. The zero-order chi connectivity index (χ0) is 16.8. The van der Waals surface area contributed by atoms with E-state index < -0.39 is 24.5 Å². The van der Waals surface area contributed by atoms with Crippen LogP contribution in [0.5, 0.6) is 0 Å². The van der Waals surface area contributed by atoms with Crippen molar-refractivity contribution in [3.05, 3.63) is 0 Å². The van der Waals surface area contributed by atoms with Gasteiger partial charge >= 0.3 is 13.1 Å². The van der Waals surface area contributed by atoms with Crippen molar-refractivity contribution in [1.29, 1.82) is 0 Å². The Morgan fingerprint density at radius 3 is 2.59 bits per heavy atom. The van der Waals surface area contributed by atoms with E-state index in [4.69, 9.17) is 21.5 Å². The molecule has 8 nitrogen and oxygen atoms in total. The maximum Gasteiger partial charge on any atom is 0.451 e. The second-order valence-electron chi connectivity index (χ2n) is 6.10. The molecule has 8 N–H and O–H groups in total. The third kappa shape index (κ3) is 5.24. The number of nitrogens with one attached hydrogen (secondary N) is 1. The molecule has 0 aromatic carbocycles. The quantitative estimate of drug-likeness (QED) is 0.227. The van der Waals surface area contributed by atoms with E-state index in [2.05, 4.69) is 5.32 Å². The summed E-state index contributed by atoms with van der Waals surface area (Å²) >= 11 is 0. The minimum Gasteiger partial charge on any atom is -0.481 e. The van der Waals surface area contributed by atoms with Gasteiger partial charge in [-0.2, -0.15) is 0 Å². The number of carbonyl (C=O) groups is 2. The van der Waals surface area contributed by atoms with Crippen LogP contribution in [-0.2, 0) is 9.59 Å². The second kappa shape index (κ2) is 8.47. The van der Waals surface area contributed by atoms with Crippen molar-refractivity contribution in [3.63, 3.8) is 0 Å². The molecule has 0 aromatic heterocycles. The highest BCUT2D eigenvalue weighted by atomic mass is 16.4. The molecule has 0 aliphatic heterocycles. The first kappa shape index (κ1) is 18.9. The van der Waals surface area contributed by atoms with Crippen molar-refractivity contribution in [2.24, 2.45) is 16.9 Å². The van der Waals surface area contributed by atoms with Gasteiger partial charge in [0.1, 0.15) is 0 Å². The van der Waals surface area contributed by atoms with Crippen LogP contribution in [0, 0.1) is 5.41 Å². The molecule has 1 amide bonds. The van der Waals surface area contributed by atoms with Crippen molar-refractivity contribution in [2.75, 3.05) is 6.54 Å². The molecule has 0 unspecified atom stereocenters. The van der Waals surface area contributed by atoms with E-state index in [0.29, 0.717) is 38.5 Å². The Morgan fingerprint density at radius 1 is 1.36 bits per heavy atom. The fraction of sp³-hybridized carbons (Fsp3) is 0.846. The molecule has 1 aliphatic carbocycles. The third-order valence-corrected chi connectivity index (χ3v) is 4.37. The van der Waals surface area contributed by atoms with E-state index in [0.717, 1.165) is 0 Å². The van der Waals surface area contributed by atoms with Crippen molar-refractivity contribution >= 4 is 19.0 Å². The van der Waals surface area contributed by atoms with Crippen LogP contribution in [-0.4, -0.2) is 52.8 Å². The maximum atomic E-state index is 11.7. The maximum absolute atomic E-state index is 11.7. The molecule has 0 radical (unpaired) electrons. The Hall–Kier alpha value is -1.16. The predicted molar refractivity (Wildman–Crippen MR) is 81.7 cm³/mol. The highest BCUT2D eigenvalue weighted by Crippen LogP contribution is 2.43. The summed E-state index contributed by atoms with van der Waals surface area (Å²) in [4.78, 5) is 23.3. The summed E-state index contributed by atoms with van der Waals surface area (Å²) in [6.45, 7) is 0.0477. The Bertz CT molecular complexity index is 396. The van der Waals surface area contributed by atoms with Gasteiger partial charge in [-0.3, -0.25) is 9.59 Å². The molecule has 0 bridgehead atoms. The lowest BCUT2D eigenvalue weighted by molar-refractivity contribution is -0.149. The normalized spacial score (nSPS) is 25.7. The fourth-order valence-corrected chi connectivity index (χ4v) is 2.98. The summed E-state index contributed by atoms with van der Waals surface area (Å²) in [5, 5.41) is 29.9. The molecule has 1 aliphatic rings. The fourth-order valence-electron chi connectivity index (χ4n) is 2.98. The monoisotopic (exact) mass is 315 g/mol. The number of hydrogen-bond acceptors (Lipinski definition) is 6. The van der Waals surface area contributed by atoms with E-state index in [9.17, 15) is 14.7 Å². The van der Waals surface area contributed by atoms with Gasteiger partial charge in [0.05, 0.1) is 11.5 Å². The lowest BCUT2D eigenvalue weighted by Crippen LogP contribution is -2.48. The molecular formula is C13H26BN3O5. The Labute approximate surface area is 130 Å². The Balaban J connectivity index is 2.52. The number of nitrogens with two attached hydrogens (primary N) is 2. The summed E-state index contributed by atoms with van der Waals surface area (Å²) in [5.74, 6) is -1.21. The third-order valence-electron chi connectivity index (χ3n) is 4.37. The molecule has 0 spiro atoms. The topological polar surface area (TPSA) is 159 Å². The SMILES string of the molecule is NC[C@H](N)C(=O)N[C@H]1CC[C@@](CCCCB(O)O)(C(=O)O)C1. The van der Waals surface area contributed by atoms with Gasteiger partial charge in [0.2, 0.25) is 5.91 Å². The zero-order valence-corrected chi connectivity index (χ0v) is 12.7. The number of carboxylic acids is 1. The summed E-state index contributed by atoms with van der Waals surface area (Å²) in [7, 11) is -1.35. The van der Waals surface area contributed by atoms with Crippen LogP contribution in [0.15, 0.2) is 0 Å². The van der Waals surface area contributed by atoms with E-state index in [1.54, 1.807) is 0 Å². The smallest absolute Gasteiger partial charge is 0.451 e. The number of carboxylic acid groups (broad SMARTS) is 1. The second-order valence-corrected chi connectivity index (χ2v) is 6.10. The van der Waals surface area contributed by atoms with E-state index in [1.807, 2.05) is 0 Å². The Morgan fingerprint density at radius 2 is 2.05 bits per heavy atom. The zero-order valence-electron chi connectivity index (χ0n) is 12.7. The van der Waals surface area contributed by atoms with Crippen molar-refractivity contribution < 1.29 is 24.7 Å². The molecule has 0 heterocycles. The van der Waals surface area contributed by atoms with Crippen molar-refractivity contribution in [3.8, 4) is 0 Å². The predicted octanol–water partition coefficient (Wildman–Crippen LogP) is -1.34. The number of amides is 1. The molecule has 1 fully saturated rings. The van der Waals surface area contributed by atoms with Crippen LogP contribution < -0.4 is 16.8 Å². The standard InChI is InChI=1S/C13H26BN3O5/c15-8-10(16)11(18)17-9-3-5-13(7-9,12(19)20)4-1-2-6-14(21)22/h9-10,21-22H,1-8,15-16H2,(H,17,18)(H,19,20)/t9-,10-,13+/m0/s1. The van der Waals surface area contributed by atoms with Crippen molar-refractivity contribution in [1.82, 2.24) is 5.32 Å². The average molecular weight is 315 g/mol. The first-order valence-corrected chi connectivity index (χ1v) is 7.66. The minimum absolute atomic E-state index is 0.0477. The van der Waals surface area contributed by atoms with Gasteiger partial charge in [0.15, 0.2) is 0 Å². The van der Waals surface area contributed by atoms with Crippen LogP contribution in [0.3, 0.4) is 0 Å². The molecule has 22 heavy (non-hydrogen) atoms. The van der Waals surface area contributed by atoms with Crippen LogP contribution >= 0.6 is 0 Å². The van der Waals surface area contributed by atoms with E-state index in [-0.39, 0.29) is 24.8 Å².